The van der Waals surface area contributed by atoms with Gasteiger partial charge in [0.25, 0.3) is 0 Å². The fourth-order valence-corrected chi connectivity index (χ4v) is 1.28. The van der Waals surface area contributed by atoms with Crippen LogP contribution in [0.25, 0.3) is 5.57 Å². The van der Waals surface area contributed by atoms with Gasteiger partial charge in [0.05, 0.1) is 12.2 Å². The minimum absolute atomic E-state index is 0.346. The van der Waals surface area contributed by atoms with Gasteiger partial charge >= 0.3 is 5.97 Å². The molecule has 0 aliphatic heterocycles. The zero-order chi connectivity index (χ0) is 11.3. The van der Waals surface area contributed by atoms with E-state index in [0.29, 0.717) is 12.2 Å². The van der Waals surface area contributed by atoms with Crippen molar-refractivity contribution in [2.75, 3.05) is 6.61 Å². The van der Waals surface area contributed by atoms with Gasteiger partial charge in [0, 0.05) is 0 Å². The first kappa shape index (κ1) is 11.5. The third-order valence-corrected chi connectivity index (χ3v) is 2.23. The lowest BCUT2D eigenvalue weighted by atomic mass is 10.0. The normalized spacial score (nSPS) is 9.73. The predicted octanol–water partition coefficient (Wildman–Crippen LogP) is 2.83. The summed E-state index contributed by atoms with van der Waals surface area (Å²) in [6.45, 7) is 7.98. The number of carbonyl (C=O) groups excluding carboxylic acids is 1. The van der Waals surface area contributed by atoms with Gasteiger partial charge < -0.3 is 4.74 Å². The van der Waals surface area contributed by atoms with E-state index in [1.165, 1.54) is 5.56 Å². The lowest BCUT2D eigenvalue weighted by Gasteiger charge is -2.05. The molecule has 2 nitrogen and oxygen atoms in total. The van der Waals surface area contributed by atoms with Crippen molar-refractivity contribution in [2.24, 2.45) is 0 Å². The Morgan fingerprint density at radius 1 is 1.27 bits per heavy atom. The minimum Gasteiger partial charge on any atom is -0.462 e. The van der Waals surface area contributed by atoms with E-state index in [1.54, 1.807) is 6.92 Å². The molecule has 2 heteroatoms. The topological polar surface area (TPSA) is 26.3 Å². The molecule has 0 fully saturated rings. The van der Waals surface area contributed by atoms with Crippen LogP contribution < -0.4 is 0 Å². The third-order valence-electron chi connectivity index (χ3n) is 2.23. The summed E-state index contributed by atoms with van der Waals surface area (Å²) >= 11 is 0. The summed E-state index contributed by atoms with van der Waals surface area (Å²) in [5.74, 6) is -0.346. The van der Waals surface area contributed by atoms with E-state index >= 15 is 0 Å². The van der Waals surface area contributed by atoms with E-state index in [-0.39, 0.29) is 5.97 Å². The molecule has 0 radical (unpaired) electrons. The van der Waals surface area contributed by atoms with Crippen LogP contribution in [0.15, 0.2) is 30.8 Å². The molecule has 0 N–H and O–H groups in total. The van der Waals surface area contributed by atoms with Gasteiger partial charge in [-0.05, 0) is 24.5 Å². The maximum absolute atomic E-state index is 11.4. The smallest absolute Gasteiger partial charge is 0.338 e. The van der Waals surface area contributed by atoms with Crippen LogP contribution in [0.1, 0.15) is 25.0 Å². The van der Waals surface area contributed by atoms with Crippen molar-refractivity contribution in [2.45, 2.75) is 20.3 Å². The van der Waals surface area contributed by atoms with E-state index in [4.69, 9.17) is 4.74 Å². The maximum atomic E-state index is 11.4. The Kier molecular flexibility index (Phi) is 4.10. The van der Waals surface area contributed by atoms with E-state index in [0.717, 1.165) is 12.0 Å². The van der Waals surface area contributed by atoms with Crippen molar-refractivity contribution < 1.29 is 9.53 Å². The van der Waals surface area contributed by atoms with Gasteiger partial charge in [-0.1, -0.05) is 37.8 Å². The molecule has 15 heavy (non-hydrogen) atoms. The Morgan fingerprint density at radius 2 is 1.87 bits per heavy atom. The molecule has 0 saturated heterocycles. The van der Waals surface area contributed by atoms with Crippen LogP contribution >= 0.6 is 0 Å². The number of esters is 1. The van der Waals surface area contributed by atoms with Gasteiger partial charge in [0.2, 0.25) is 0 Å². The van der Waals surface area contributed by atoms with Crippen molar-refractivity contribution in [3.63, 3.8) is 0 Å². The molecule has 0 aliphatic rings. The first-order valence-electron chi connectivity index (χ1n) is 5.14. The molecular formula is C13H16O2. The van der Waals surface area contributed by atoms with Gasteiger partial charge in [-0.2, -0.15) is 0 Å². The molecule has 0 spiro atoms. The van der Waals surface area contributed by atoms with Crippen LogP contribution in [0.4, 0.5) is 0 Å². The van der Waals surface area contributed by atoms with Gasteiger partial charge in [0.15, 0.2) is 0 Å². The predicted molar refractivity (Wildman–Crippen MR) is 61.5 cm³/mol. The number of aryl methyl sites for hydroxylation is 1. The lowest BCUT2D eigenvalue weighted by Crippen LogP contribution is -2.05. The average molecular weight is 204 g/mol. The standard InChI is InChI=1S/C13H16O2/c1-4-11-6-8-12(9-7-11)10(3)13(14)15-5-2/h6-9H,3-5H2,1-2H3. The van der Waals surface area contributed by atoms with Crippen molar-refractivity contribution in [3.05, 3.63) is 42.0 Å². The second-order valence-electron chi connectivity index (χ2n) is 3.25. The van der Waals surface area contributed by atoms with Crippen LogP contribution in [0.2, 0.25) is 0 Å². The highest BCUT2D eigenvalue weighted by molar-refractivity contribution is 6.15. The Balaban J connectivity index is 2.78. The van der Waals surface area contributed by atoms with Gasteiger partial charge in [-0.25, -0.2) is 4.79 Å². The highest BCUT2D eigenvalue weighted by atomic mass is 16.5. The highest BCUT2D eigenvalue weighted by Gasteiger charge is 2.09. The number of rotatable bonds is 4. The summed E-state index contributed by atoms with van der Waals surface area (Å²) in [6.07, 6.45) is 0.992. The van der Waals surface area contributed by atoms with Gasteiger partial charge in [-0.3, -0.25) is 0 Å². The highest BCUT2D eigenvalue weighted by Crippen LogP contribution is 2.15. The number of hydrogen-bond donors (Lipinski definition) is 0. The van der Waals surface area contributed by atoms with Crippen LogP contribution in [0, 0.1) is 0 Å². The molecule has 0 heterocycles. The Bertz CT molecular complexity index is 349. The summed E-state index contributed by atoms with van der Waals surface area (Å²) in [5.41, 5.74) is 2.49. The number of ether oxygens (including phenoxy) is 1. The van der Waals surface area contributed by atoms with Crippen molar-refractivity contribution >= 4 is 11.5 Å². The molecular weight excluding hydrogens is 188 g/mol. The van der Waals surface area contributed by atoms with Crippen molar-refractivity contribution in [1.29, 1.82) is 0 Å². The first-order valence-corrected chi connectivity index (χ1v) is 5.14. The van der Waals surface area contributed by atoms with E-state index in [1.807, 2.05) is 24.3 Å². The third kappa shape index (κ3) is 2.94. The molecule has 0 aromatic heterocycles. The molecule has 0 bridgehead atoms. The summed E-state index contributed by atoms with van der Waals surface area (Å²) in [5, 5.41) is 0. The SMILES string of the molecule is C=C(C(=O)OCC)c1ccc(CC)cc1. The van der Waals surface area contributed by atoms with E-state index in [9.17, 15) is 4.79 Å². The van der Waals surface area contributed by atoms with Crippen LogP contribution in [-0.2, 0) is 16.0 Å². The molecule has 0 atom stereocenters. The lowest BCUT2D eigenvalue weighted by molar-refractivity contribution is -0.136. The summed E-state index contributed by atoms with van der Waals surface area (Å²) < 4.78 is 4.88. The largest absolute Gasteiger partial charge is 0.462 e. The second-order valence-corrected chi connectivity index (χ2v) is 3.25. The molecule has 0 amide bonds. The molecule has 0 aliphatic carbocycles. The Labute approximate surface area is 90.6 Å². The van der Waals surface area contributed by atoms with E-state index in [2.05, 4.69) is 13.5 Å². The zero-order valence-corrected chi connectivity index (χ0v) is 9.25. The van der Waals surface area contributed by atoms with Crippen molar-refractivity contribution in [1.82, 2.24) is 0 Å². The molecule has 1 rings (SSSR count). The summed E-state index contributed by atoms with van der Waals surface area (Å²) in [4.78, 5) is 11.4. The number of hydrogen-bond acceptors (Lipinski definition) is 2. The monoisotopic (exact) mass is 204 g/mol. The second kappa shape index (κ2) is 5.35. The minimum atomic E-state index is -0.346. The summed E-state index contributed by atoms with van der Waals surface area (Å²) in [7, 11) is 0. The average Bonchev–Trinajstić information content (AvgIpc) is 2.28. The maximum Gasteiger partial charge on any atom is 0.338 e. The summed E-state index contributed by atoms with van der Waals surface area (Å²) in [6, 6.07) is 7.80. The molecule has 80 valence electrons. The van der Waals surface area contributed by atoms with Gasteiger partial charge in [0.1, 0.15) is 0 Å². The molecule has 1 aromatic rings. The molecule has 0 unspecified atom stereocenters. The molecule has 0 saturated carbocycles. The van der Waals surface area contributed by atoms with Crippen LogP contribution in [0.5, 0.6) is 0 Å². The quantitative estimate of drug-likeness (QED) is 0.557. The van der Waals surface area contributed by atoms with E-state index < -0.39 is 0 Å². The van der Waals surface area contributed by atoms with Crippen LogP contribution in [-0.4, -0.2) is 12.6 Å². The van der Waals surface area contributed by atoms with Crippen LogP contribution in [0.3, 0.4) is 0 Å². The fourth-order valence-electron chi connectivity index (χ4n) is 1.28. The first-order chi connectivity index (χ1) is 7.19. The Hall–Kier alpha value is -1.57. The Morgan fingerprint density at radius 3 is 2.33 bits per heavy atom. The zero-order valence-electron chi connectivity index (χ0n) is 9.25. The number of benzene rings is 1. The molecule has 1 aromatic carbocycles. The fraction of sp³-hybridized carbons (Fsp3) is 0.308. The number of carbonyl (C=O) groups is 1. The van der Waals surface area contributed by atoms with Gasteiger partial charge in [-0.15, -0.1) is 0 Å². The van der Waals surface area contributed by atoms with Crippen molar-refractivity contribution in [3.8, 4) is 0 Å².